The largest absolute Gasteiger partial charge is 0.387 e. The van der Waals surface area contributed by atoms with Gasteiger partial charge in [0.25, 0.3) is 0 Å². The molecule has 4 rings (SSSR count). The number of ketones is 1. The minimum atomic E-state index is -0.682. The van der Waals surface area contributed by atoms with Gasteiger partial charge in [0.2, 0.25) is 0 Å². The van der Waals surface area contributed by atoms with E-state index in [1.807, 2.05) is 0 Å². The zero-order valence-corrected chi connectivity index (χ0v) is 23.6. The Hall–Kier alpha value is -1.65. The van der Waals surface area contributed by atoms with Crippen molar-refractivity contribution < 1.29 is 19.4 Å². The van der Waals surface area contributed by atoms with Crippen molar-refractivity contribution in [2.75, 3.05) is 25.1 Å². The molecule has 1 saturated carbocycles. The molecule has 1 aliphatic heterocycles. The van der Waals surface area contributed by atoms with E-state index < -0.39 is 5.60 Å². The zero-order valence-electron chi connectivity index (χ0n) is 22.8. The molecule has 2 N–H and O–H groups in total. The number of Topliss-reactive ketones (excluding diaryl/α,β-unsaturated/α-hetero) is 1. The topological polar surface area (TPSA) is 67.8 Å². The molecule has 0 unspecified atom stereocenters. The van der Waals surface area contributed by atoms with Gasteiger partial charge in [-0.1, -0.05) is 23.5 Å². The van der Waals surface area contributed by atoms with E-state index in [-0.39, 0.29) is 11.5 Å². The number of rotatable bonds is 6. The van der Waals surface area contributed by atoms with Crippen LogP contribution in [0.2, 0.25) is 0 Å². The highest BCUT2D eigenvalue weighted by Crippen LogP contribution is 2.32. The van der Waals surface area contributed by atoms with Crippen LogP contribution in [-0.4, -0.2) is 48.5 Å². The minimum absolute atomic E-state index is 0.0259. The van der Waals surface area contributed by atoms with E-state index in [1.54, 1.807) is 18.3 Å². The first-order valence-corrected chi connectivity index (χ1v) is 14.4. The summed E-state index contributed by atoms with van der Waals surface area (Å²) in [4.78, 5) is 12.0. The summed E-state index contributed by atoms with van der Waals surface area (Å²) >= 11 is 1.68. The zero-order chi connectivity index (χ0) is 26.2. The average Bonchev–Trinajstić information content (AvgIpc) is 3.51. The van der Waals surface area contributed by atoms with Gasteiger partial charge in [0, 0.05) is 35.0 Å². The van der Waals surface area contributed by atoms with Crippen molar-refractivity contribution in [3.05, 3.63) is 28.0 Å². The second kappa shape index (κ2) is 13.2. The van der Waals surface area contributed by atoms with E-state index in [1.165, 1.54) is 5.57 Å². The summed E-state index contributed by atoms with van der Waals surface area (Å²) < 4.78 is 11.2. The summed E-state index contributed by atoms with van der Waals surface area (Å²) in [7, 11) is 0. The van der Waals surface area contributed by atoms with Crippen molar-refractivity contribution >= 4 is 22.8 Å². The molecular weight excluding hydrogens is 470 g/mol. The summed E-state index contributed by atoms with van der Waals surface area (Å²) in [5, 5.41) is 16.5. The molecule has 6 heteroatoms. The van der Waals surface area contributed by atoms with Crippen LogP contribution >= 0.6 is 11.3 Å². The molecule has 0 radical (unpaired) electrons. The van der Waals surface area contributed by atoms with Crippen molar-refractivity contribution in [2.45, 2.75) is 104 Å². The summed E-state index contributed by atoms with van der Waals surface area (Å²) in [6.45, 7) is 12.1. The monoisotopic (exact) mass is 515 g/mol. The number of ether oxygens (including phenoxy) is 2. The van der Waals surface area contributed by atoms with E-state index in [0.29, 0.717) is 31.0 Å². The SMILES string of the molecule is CC(=O)[C@H]1CC=C(C)CC1.CC(C)(C)C#Cc1cc(NC2CCC(O)(CO[C@H]3CCOC3)CC2)cs1. The summed E-state index contributed by atoms with van der Waals surface area (Å²) in [6.07, 6.45) is 9.92. The smallest absolute Gasteiger partial charge is 0.133 e. The summed E-state index contributed by atoms with van der Waals surface area (Å²) in [5.41, 5.74) is 1.93. The van der Waals surface area contributed by atoms with E-state index in [4.69, 9.17) is 9.47 Å². The molecule has 1 aromatic heterocycles. The molecule has 0 amide bonds. The standard InChI is InChI=1S/C21H31NO3S.C9H14O/c1-20(2,3)8-6-19-12-17(14-26-19)22-16-4-9-21(23,10-5-16)15-25-18-7-11-24-13-18;1-7-3-5-9(6-4-7)8(2)10/h12,14,16,18,22-23H,4-5,7,9-11,13,15H2,1-3H3;3,9H,4-6H2,1-2H3/t16?,18-,21?;9-/m00/s1. The Kier molecular flexibility index (Phi) is 10.6. The van der Waals surface area contributed by atoms with Gasteiger partial charge >= 0.3 is 0 Å². The average molecular weight is 516 g/mol. The van der Waals surface area contributed by atoms with Gasteiger partial charge in [0.05, 0.1) is 29.8 Å². The van der Waals surface area contributed by atoms with Gasteiger partial charge in [-0.2, -0.15) is 0 Å². The molecule has 3 aliphatic rings. The van der Waals surface area contributed by atoms with E-state index in [9.17, 15) is 9.90 Å². The van der Waals surface area contributed by atoms with E-state index >= 15 is 0 Å². The molecule has 0 aromatic carbocycles. The molecule has 2 atom stereocenters. The van der Waals surface area contributed by atoms with Crippen LogP contribution < -0.4 is 5.32 Å². The van der Waals surface area contributed by atoms with Crippen LogP contribution in [-0.2, 0) is 14.3 Å². The maximum atomic E-state index is 10.9. The van der Waals surface area contributed by atoms with Crippen LogP contribution in [0.25, 0.3) is 0 Å². The third-order valence-corrected chi connectivity index (χ3v) is 7.98. The maximum Gasteiger partial charge on any atom is 0.133 e. The molecule has 5 nitrogen and oxygen atoms in total. The van der Waals surface area contributed by atoms with Crippen LogP contribution in [0.5, 0.6) is 0 Å². The van der Waals surface area contributed by atoms with Crippen LogP contribution in [0.1, 0.15) is 90.9 Å². The first kappa shape index (κ1) is 28.9. The second-order valence-corrected chi connectivity index (χ2v) is 12.7. The Bertz CT molecular complexity index is 934. The number of aliphatic hydroxyl groups is 1. The Morgan fingerprint density at radius 2 is 2.03 bits per heavy atom. The predicted molar refractivity (Wildman–Crippen MR) is 148 cm³/mol. The fourth-order valence-electron chi connectivity index (χ4n) is 4.66. The van der Waals surface area contributed by atoms with Crippen molar-refractivity contribution in [2.24, 2.45) is 11.3 Å². The van der Waals surface area contributed by atoms with Crippen LogP contribution in [0, 0.1) is 23.2 Å². The lowest BCUT2D eigenvalue weighted by atomic mass is 9.82. The molecular formula is C30H45NO4S. The molecule has 1 aromatic rings. The van der Waals surface area contributed by atoms with Crippen LogP contribution in [0.3, 0.4) is 0 Å². The predicted octanol–water partition coefficient (Wildman–Crippen LogP) is 6.36. The van der Waals surface area contributed by atoms with Gasteiger partial charge in [-0.05, 0) is 92.1 Å². The lowest BCUT2D eigenvalue weighted by Crippen LogP contribution is -2.42. The Morgan fingerprint density at radius 3 is 2.61 bits per heavy atom. The first-order valence-electron chi connectivity index (χ1n) is 13.5. The fraction of sp³-hybridized carbons (Fsp3) is 0.700. The molecule has 0 spiro atoms. The quantitative estimate of drug-likeness (QED) is 0.341. The molecule has 36 heavy (non-hydrogen) atoms. The first-order chi connectivity index (χ1) is 17.0. The number of thiophene rings is 1. The molecule has 0 bridgehead atoms. The number of anilines is 1. The molecule has 1 saturated heterocycles. The highest BCUT2D eigenvalue weighted by atomic mass is 32.1. The molecule has 2 fully saturated rings. The minimum Gasteiger partial charge on any atom is -0.387 e. The number of allylic oxidation sites excluding steroid dienone is 2. The molecule has 2 aliphatic carbocycles. The van der Waals surface area contributed by atoms with Gasteiger partial charge in [-0.15, -0.1) is 11.3 Å². The number of nitrogens with one attached hydrogen (secondary N) is 1. The third-order valence-electron chi connectivity index (χ3n) is 7.14. The van der Waals surface area contributed by atoms with Crippen molar-refractivity contribution in [1.82, 2.24) is 0 Å². The van der Waals surface area contributed by atoms with Crippen molar-refractivity contribution in [3.63, 3.8) is 0 Å². The summed E-state index contributed by atoms with van der Waals surface area (Å²) in [6, 6.07) is 2.54. The third kappa shape index (κ3) is 10.0. The second-order valence-electron chi connectivity index (χ2n) is 11.8. The lowest BCUT2D eigenvalue weighted by Gasteiger charge is -2.36. The van der Waals surface area contributed by atoms with E-state index in [2.05, 4.69) is 62.4 Å². The van der Waals surface area contributed by atoms with Gasteiger partial charge in [-0.3, -0.25) is 4.79 Å². The van der Waals surface area contributed by atoms with Crippen molar-refractivity contribution in [3.8, 4) is 11.8 Å². The van der Waals surface area contributed by atoms with Gasteiger partial charge in [0.1, 0.15) is 5.78 Å². The van der Waals surface area contributed by atoms with Gasteiger partial charge in [0.15, 0.2) is 0 Å². The van der Waals surface area contributed by atoms with Gasteiger partial charge in [-0.25, -0.2) is 0 Å². The number of carbonyl (C=O) groups is 1. The normalized spacial score (nSPS) is 28.3. The fourth-order valence-corrected chi connectivity index (χ4v) is 5.35. The number of carbonyl (C=O) groups excluding carboxylic acids is 1. The molecule has 200 valence electrons. The number of hydrogen-bond acceptors (Lipinski definition) is 6. The lowest BCUT2D eigenvalue weighted by molar-refractivity contribution is -0.120. The Morgan fingerprint density at radius 1 is 1.28 bits per heavy atom. The van der Waals surface area contributed by atoms with E-state index in [0.717, 1.165) is 68.5 Å². The number of hydrogen-bond donors (Lipinski definition) is 2. The molecule has 2 heterocycles. The summed E-state index contributed by atoms with van der Waals surface area (Å²) in [5.74, 6) is 7.21. The Balaban J connectivity index is 0.000000303. The van der Waals surface area contributed by atoms with Crippen molar-refractivity contribution in [1.29, 1.82) is 0 Å². The highest BCUT2D eigenvalue weighted by molar-refractivity contribution is 7.11. The van der Waals surface area contributed by atoms with Crippen LogP contribution in [0.15, 0.2) is 23.1 Å². The maximum absolute atomic E-state index is 10.9. The Labute approximate surface area is 222 Å². The van der Waals surface area contributed by atoms with Gasteiger partial charge < -0.3 is 19.9 Å². The highest BCUT2D eigenvalue weighted by Gasteiger charge is 2.34. The van der Waals surface area contributed by atoms with Crippen LogP contribution in [0.4, 0.5) is 5.69 Å².